The lowest BCUT2D eigenvalue weighted by Crippen LogP contribution is -2.54. The third-order valence-corrected chi connectivity index (χ3v) is 2.57. The van der Waals surface area contributed by atoms with Crippen LogP contribution in [0.3, 0.4) is 0 Å². The summed E-state index contributed by atoms with van der Waals surface area (Å²) < 4.78 is 0. The molecule has 0 aromatic rings. The minimum absolute atomic E-state index is 1.14. The lowest BCUT2D eigenvalue weighted by atomic mass is 9.96. The Hall–Kier alpha value is -3.26. The molecule has 148 valence electrons. The highest BCUT2D eigenvalue weighted by molar-refractivity contribution is 5.86. The summed E-state index contributed by atoms with van der Waals surface area (Å²) in [6, 6.07) is 0. The molecule has 0 aliphatic carbocycles. The van der Waals surface area contributed by atoms with Crippen LogP contribution >= 0.6 is 0 Å². The Bertz CT molecular complexity index is 562. The summed E-state index contributed by atoms with van der Waals surface area (Å²) in [7, 11) is 0. The number of aliphatic hydroxyl groups excluding tert-OH is 1. The summed E-state index contributed by atoms with van der Waals surface area (Å²) in [5.41, 5.74) is -2.97. The van der Waals surface area contributed by atoms with Crippen LogP contribution in [0.1, 0.15) is 19.3 Å². The maximum absolute atomic E-state index is 10.1. The topological polar surface area (TPSA) is 281 Å². The molecule has 26 heavy (non-hydrogen) atoms. The van der Waals surface area contributed by atoms with E-state index >= 15 is 0 Å². The Labute approximate surface area is 143 Å². The number of rotatable bonds is 10. The fourth-order valence-electron chi connectivity index (χ4n) is 1.35. The second-order valence-corrected chi connectivity index (χ2v) is 4.68. The SMILES string of the molecule is O=C([O-])CC(C(=O)[O-])C(O)C(=O)[O-].O=C([O-])CC(O)(CC(=O)[O-])C(=O)[O-]. The molecular formula is C12H10O14-6. The Morgan fingerprint density at radius 2 is 1.12 bits per heavy atom. The van der Waals surface area contributed by atoms with E-state index in [2.05, 4.69) is 0 Å². The molecular weight excluding hydrogens is 368 g/mol. The number of carbonyl (C=O) groups excluding carboxylic acids is 6. The first-order valence-corrected chi connectivity index (χ1v) is 6.27. The smallest absolute Gasteiger partial charge is 0.114 e. The maximum Gasteiger partial charge on any atom is 0.114 e. The van der Waals surface area contributed by atoms with E-state index < -0.39 is 72.7 Å². The van der Waals surface area contributed by atoms with Crippen LogP contribution in [0.4, 0.5) is 0 Å². The molecule has 0 radical (unpaired) electrons. The van der Waals surface area contributed by atoms with Crippen molar-refractivity contribution in [1.29, 1.82) is 0 Å². The summed E-state index contributed by atoms with van der Waals surface area (Å²) in [4.78, 5) is 60.0. The first kappa shape index (κ1) is 25.0. The Balaban J connectivity index is 0. The van der Waals surface area contributed by atoms with Crippen LogP contribution in [0.15, 0.2) is 0 Å². The lowest BCUT2D eigenvalue weighted by Gasteiger charge is -2.29. The zero-order chi connectivity index (χ0) is 21.2. The molecule has 0 heterocycles. The molecule has 14 heteroatoms. The summed E-state index contributed by atoms with van der Waals surface area (Å²) >= 11 is 0. The van der Waals surface area contributed by atoms with Gasteiger partial charge in [0.1, 0.15) is 11.7 Å². The van der Waals surface area contributed by atoms with Gasteiger partial charge in [-0.25, -0.2) is 0 Å². The van der Waals surface area contributed by atoms with Gasteiger partial charge in [0.2, 0.25) is 0 Å². The van der Waals surface area contributed by atoms with Crippen LogP contribution in [-0.2, 0) is 28.8 Å². The number of hydrogen-bond donors (Lipinski definition) is 2. The molecule has 0 saturated heterocycles. The number of hydrogen-bond acceptors (Lipinski definition) is 14. The largest absolute Gasteiger partial charge is 0.550 e. The number of carboxylic acids is 6. The summed E-state index contributed by atoms with van der Waals surface area (Å²) in [6.07, 6.45) is -6.27. The van der Waals surface area contributed by atoms with E-state index in [1.807, 2.05) is 0 Å². The van der Waals surface area contributed by atoms with E-state index in [0.29, 0.717) is 0 Å². The van der Waals surface area contributed by atoms with Crippen molar-refractivity contribution in [3.05, 3.63) is 0 Å². The first-order valence-electron chi connectivity index (χ1n) is 6.27. The molecule has 0 bridgehead atoms. The van der Waals surface area contributed by atoms with Gasteiger partial charge in [-0.15, -0.1) is 0 Å². The summed E-state index contributed by atoms with van der Waals surface area (Å²) in [5, 5.41) is 77.6. The van der Waals surface area contributed by atoms with Crippen molar-refractivity contribution >= 4 is 35.8 Å². The van der Waals surface area contributed by atoms with Crippen LogP contribution in [0.5, 0.6) is 0 Å². The van der Waals surface area contributed by atoms with E-state index in [-0.39, 0.29) is 0 Å². The van der Waals surface area contributed by atoms with Gasteiger partial charge in [-0.1, -0.05) is 0 Å². The molecule has 0 aromatic heterocycles. The number of aliphatic carboxylic acids is 6. The minimum atomic E-state index is -2.97. The molecule has 14 nitrogen and oxygen atoms in total. The van der Waals surface area contributed by atoms with Crippen LogP contribution in [0.25, 0.3) is 0 Å². The number of carboxylic acid groups (broad SMARTS) is 6. The Kier molecular flexibility index (Phi) is 10.2. The van der Waals surface area contributed by atoms with Gasteiger partial charge in [0, 0.05) is 42.6 Å². The van der Waals surface area contributed by atoms with Gasteiger partial charge in [-0.2, -0.15) is 0 Å². The molecule has 0 spiro atoms. The minimum Gasteiger partial charge on any atom is -0.550 e. The molecule has 0 aliphatic rings. The van der Waals surface area contributed by atoms with Gasteiger partial charge in [0.05, 0.1) is 11.9 Å². The molecule has 2 unspecified atom stereocenters. The highest BCUT2D eigenvalue weighted by Gasteiger charge is 2.29. The Morgan fingerprint density at radius 3 is 1.31 bits per heavy atom. The number of carbonyl (C=O) groups is 6. The molecule has 0 saturated carbocycles. The average Bonchev–Trinajstić information content (AvgIpc) is 2.42. The van der Waals surface area contributed by atoms with Gasteiger partial charge in [-0.3, -0.25) is 0 Å². The van der Waals surface area contributed by atoms with Gasteiger partial charge in [-0.05, 0) is 6.42 Å². The molecule has 0 fully saturated rings. The fraction of sp³-hybridized carbons (Fsp3) is 0.500. The van der Waals surface area contributed by atoms with Crippen molar-refractivity contribution < 1.29 is 69.6 Å². The normalized spacial score (nSPS) is 12.7. The predicted octanol–water partition coefficient (Wildman–Crippen LogP) is -10.6. The Morgan fingerprint density at radius 1 is 0.731 bits per heavy atom. The van der Waals surface area contributed by atoms with E-state index in [1.54, 1.807) is 0 Å². The van der Waals surface area contributed by atoms with Crippen LogP contribution in [0.2, 0.25) is 0 Å². The molecule has 0 aliphatic heterocycles. The van der Waals surface area contributed by atoms with Gasteiger partial charge >= 0.3 is 0 Å². The standard InChI is InChI=1S/2C6H8O7/c7-3(8)1-6(13,5(11)12)2-4(9)10;7-3(8)1-2(5(10)11)4(9)6(12)13/h13H,1-2H2,(H,7,8)(H,9,10)(H,11,12);2,4,9H,1H2,(H,7,8)(H,10,11)(H,12,13)/p-6. The fourth-order valence-corrected chi connectivity index (χ4v) is 1.35. The van der Waals surface area contributed by atoms with Crippen molar-refractivity contribution in [3.63, 3.8) is 0 Å². The zero-order valence-corrected chi connectivity index (χ0v) is 12.6. The highest BCUT2D eigenvalue weighted by atomic mass is 16.4. The quantitative estimate of drug-likeness (QED) is 0.357. The highest BCUT2D eigenvalue weighted by Crippen LogP contribution is 2.13. The van der Waals surface area contributed by atoms with Gasteiger partial charge in [0.15, 0.2) is 0 Å². The van der Waals surface area contributed by atoms with Crippen LogP contribution < -0.4 is 30.6 Å². The second kappa shape index (κ2) is 10.6. The van der Waals surface area contributed by atoms with Gasteiger partial charge < -0.3 is 69.6 Å². The van der Waals surface area contributed by atoms with Crippen molar-refractivity contribution in [2.45, 2.75) is 31.0 Å². The predicted molar refractivity (Wildman–Crippen MR) is 58.3 cm³/mol. The van der Waals surface area contributed by atoms with E-state index in [0.717, 1.165) is 0 Å². The molecule has 0 amide bonds. The van der Waals surface area contributed by atoms with Crippen molar-refractivity contribution in [2.75, 3.05) is 0 Å². The summed E-state index contributed by atoms with van der Waals surface area (Å²) in [5.74, 6) is -13.9. The van der Waals surface area contributed by atoms with E-state index in [9.17, 15) is 59.4 Å². The summed E-state index contributed by atoms with van der Waals surface area (Å²) in [6.45, 7) is 0. The zero-order valence-electron chi connectivity index (χ0n) is 12.6. The van der Waals surface area contributed by atoms with Crippen molar-refractivity contribution in [3.8, 4) is 0 Å². The third kappa shape index (κ3) is 9.78. The van der Waals surface area contributed by atoms with Crippen LogP contribution in [0, 0.1) is 5.92 Å². The van der Waals surface area contributed by atoms with Crippen molar-refractivity contribution in [1.82, 2.24) is 0 Å². The molecule has 0 aromatic carbocycles. The van der Waals surface area contributed by atoms with E-state index in [1.165, 1.54) is 0 Å². The average molecular weight is 378 g/mol. The van der Waals surface area contributed by atoms with Gasteiger partial charge in [0.25, 0.3) is 0 Å². The third-order valence-electron chi connectivity index (χ3n) is 2.57. The van der Waals surface area contributed by atoms with E-state index in [4.69, 9.17) is 10.2 Å². The van der Waals surface area contributed by atoms with Crippen LogP contribution in [-0.4, -0.2) is 57.7 Å². The number of aliphatic hydroxyl groups is 2. The molecule has 2 atom stereocenters. The second-order valence-electron chi connectivity index (χ2n) is 4.68. The first-order chi connectivity index (χ1) is 11.6. The molecule has 2 N–H and O–H groups in total. The van der Waals surface area contributed by atoms with Crippen molar-refractivity contribution in [2.24, 2.45) is 5.92 Å². The molecule has 0 rings (SSSR count). The lowest BCUT2D eigenvalue weighted by molar-refractivity contribution is -0.339. The maximum atomic E-state index is 10.1. The monoisotopic (exact) mass is 378 g/mol.